The predicted molar refractivity (Wildman–Crippen MR) is 112 cm³/mol. The number of benzene rings is 1. The van der Waals surface area contributed by atoms with Crippen molar-refractivity contribution >= 4 is 23.2 Å². The number of carbonyl (C=O) groups is 2. The Balaban J connectivity index is 1.60. The molecule has 4 rings (SSSR count). The van der Waals surface area contributed by atoms with E-state index >= 15 is 0 Å². The van der Waals surface area contributed by atoms with Gasteiger partial charge >= 0.3 is 0 Å². The first kappa shape index (κ1) is 21.3. The fourth-order valence-electron chi connectivity index (χ4n) is 4.26. The Morgan fingerprint density at radius 1 is 1.19 bits per heavy atom. The number of aromatic nitrogens is 1. The average molecular weight is 432 g/mol. The number of nitrogens with one attached hydrogen (secondary N) is 3. The molecule has 2 heterocycles. The van der Waals surface area contributed by atoms with Crippen molar-refractivity contribution in [2.75, 3.05) is 10.6 Å². The van der Waals surface area contributed by atoms with Crippen LogP contribution >= 0.6 is 0 Å². The largest absolute Gasteiger partial charge is 0.381 e. The molecule has 1 aromatic heterocycles. The van der Waals surface area contributed by atoms with E-state index in [0.29, 0.717) is 42.8 Å². The Labute approximate surface area is 178 Å². The van der Waals surface area contributed by atoms with Gasteiger partial charge in [-0.25, -0.2) is 8.78 Å². The Kier molecular flexibility index (Phi) is 5.68. The normalized spacial score (nSPS) is 21.0. The van der Waals surface area contributed by atoms with Crippen LogP contribution in [-0.4, -0.2) is 35.0 Å². The lowest BCUT2D eigenvalue weighted by Gasteiger charge is -2.30. The first-order valence-electron chi connectivity index (χ1n) is 10.5. The molecule has 1 aromatic carbocycles. The van der Waals surface area contributed by atoms with Crippen LogP contribution in [0, 0.1) is 13.8 Å². The minimum Gasteiger partial charge on any atom is -0.381 e. The molecular formula is C22H26F2N4O3. The second-order valence-corrected chi connectivity index (χ2v) is 8.38. The van der Waals surface area contributed by atoms with E-state index in [9.17, 15) is 18.4 Å². The van der Waals surface area contributed by atoms with Gasteiger partial charge in [0.05, 0.1) is 17.1 Å². The number of nitrogens with zero attached hydrogens (tertiary/aromatic N) is 1. The highest BCUT2D eigenvalue weighted by Crippen LogP contribution is 2.37. The molecule has 9 heteroatoms. The van der Waals surface area contributed by atoms with Crippen LogP contribution in [0.1, 0.15) is 50.0 Å². The zero-order chi connectivity index (χ0) is 22.2. The standard InChI is InChI=1S/C22H26F2N4O3/c1-12-20(13(2)31-28-12)14-3-4-16(25-15-7-9-22(23,24)10-8-15)18(11-14)27-21(30)17-5-6-19(29)26-17/h3-4,11,15,17,25H,5-10H2,1-2H3,(H,26,29)(H,27,30)/t17-/m0/s1. The highest BCUT2D eigenvalue weighted by Gasteiger charge is 2.35. The first-order chi connectivity index (χ1) is 14.7. The van der Waals surface area contributed by atoms with Crippen molar-refractivity contribution in [3.63, 3.8) is 0 Å². The number of rotatable bonds is 5. The maximum atomic E-state index is 13.5. The van der Waals surface area contributed by atoms with Crippen molar-refractivity contribution < 1.29 is 22.9 Å². The molecule has 0 unspecified atom stereocenters. The van der Waals surface area contributed by atoms with Gasteiger partial charge in [-0.15, -0.1) is 0 Å². The molecule has 1 saturated heterocycles. The number of hydrogen-bond donors (Lipinski definition) is 3. The third-order valence-electron chi connectivity index (χ3n) is 5.99. The van der Waals surface area contributed by atoms with Gasteiger partial charge in [-0.3, -0.25) is 9.59 Å². The van der Waals surface area contributed by atoms with E-state index in [1.165, 1.54) is 0 Å². The summed E-state index contributed by atoms with van der Waals surface area (Å²) < 4.78 is 32.3. The first-order valence-corrected chi connectivity index (χ1v) is 10.5. The number of anilines is 2. The van der Waals surface area contributed by atoms with E-state index in [2.05, 4.69) is 21.1 Å². The third kappa shape index (κ3) is 4.70. The molecule has 2 amide bonds. The van der Waals surface area contributed by atoms with E-state index < -0.39 is 12.0 Å². The predicted octanol–water partition coefficient (Wildman–Crippen LogP) is 4.17. The molecule has 1 saturated carbocycles. The number of aryl methyl sites for hydroxylation is 2. The molecule has 1 atom stereocenters. The average Bonchev–Trinajstić information content (AvgIpc) is 3.30. The fourth-order valence-corrected chi connectivity index (χ4v) is 4.26. The smallest absolute Gasteiger partial charge is 0.248 e. The van der Waals surface area contributed by atoms with Crippen LogP contribution in [0.3, 0.4) is 0 Å². The van der Waals surface area contributed by atoms with Gasteiger partial charge in [0.2, 0.25) is 17.7 Å². The summed E-state index contributed by atoms with van der Waals surface area (Å²) in [5.74, 6) is -2.40. The number of amides is 2. The Hall–Kier alpha value is -2.97. The summed E-state index contributed by atoms with van der Waals surface area (Å²) in [5, 5.41) is 12.9. The van der Waals surface area contributed by atoms with Gasteiger partial charge < -0.3 is 20.5 Å². The van der Waals surface area contributed by atoms with Crippen molar-refractivity contribution in [2.45, 2.75) is 70.4 Å². The topological polar surface area (TPSA) is 96.3 Å². The fraction of sp³-hybridized carbons (Fsp3) is 0.500. The molecule has 0 radical (unpaired) electrons. The van der Waals surface area contributed by atoms with E-state index in [-0.39, 0.29) is 30.7 Å². The van der Waals surface area contributed by atoms with Gasteiger partial charge in [0.25, 0.3) is 0 Å². The summed E-state index contributed by atoms with van der Waals surface area (Å²) >= 11 is 0. The quantitative estimate of drug-likeness (QED) is 0.659. The van der Waals surface area contributed by atoms with Gasteiger partial charge in [0.1, 0.15) is 11.8 Å². The number of halogens is 2. The SMILES string of the molecule is Cc1noc(C)c1-c1ccc(NC2CCC(F)(F)CC2)c(NC(=O)[C@@H]2CCC(=O)N2)c1. The van der Waals surface area contributed by atoms with Crippen LogP contribution in [0.4, 0.5) is 20.2 Å². The lowest BCUT2D eigenvalue weighted by atomic mass is 9.92. The maximum Gasteiger partial charge on any atom is 0.248 e. The molecule has 2 aromatic rings. The van der Waals surface area contributed by atoms with Gasteiger partial charge in [0, 0.05) is 30.9 Å². The zero-order valence-corrected chi connectivity index (χ0v) is 17.6. The molecule has 31 heavy (non-hydrogen) atoms. The van der Waals surface area contributed by atoms with E-state index in [1.807, 2.05) is 32.0 Å². The van der Waals surface area contributed by atoms with Crippen LogP contribution in [0.25, 0.3) is 11.1 Å². The second-order valence-electron chi connectivity index (χ2n) is 8.38. The van der Waals surface area contributed by atoms with Crippen LogP contribution < -0.4 is 16.0 Å². The van der Waals surface area contributed by atoms with Gasteiger partial charge in [-0.05, 0) is 50.8 Å². The van der Waals surface area contributed by atoms with Gasteiger partial charge in [0.15, 0.2) is 0 Å². The number of carbonyl (C=O) groups excluding carboxylic acids is 2. The molecule has 0 bridgehead atoms. The van der Waals surface area contributed by atoms with Crippen LogP contribution in [0.5, 0.6) is 0 Å². The Morgan fingerprint density at radius 2 is 1.94 bits per heavy atom. The molecule has 0 spiro atoms. The zero-order valence-electron chi connectivity index (χ0n) is 17.6. The van der Waals surface area contributed by atoms with Crippen molar-refractivity contribution in [3.8, 4) is 11.1 Å². The van der Waals surface area contributed by atoms with Crippen LogP contribution in [0.2, 0.25) is 0 Å². The summed E-state index contributed by atoms with van der Waals surface area (Å²) in [5.41, 5.74) is 3.58. The highest BCUT2D eigenvalue weighted by atomic mass is 19.3. The van der Waals surface area contributed by atoms with Crippen molar-refractivity contribution in [3.05, 3.63) is 29.7 Å². The molecule has 166 valence electrons. The lowest BCUT2D eigenvalue weighted by molar-refractivity contribution is -0.122. The third-order valence-corrected chi connectivity index (χ3v) is 5.99. The van der Waals surface area contributed by atoms with Crippen LogP contribution in [0.15, 0.2) is 22.7 Å². The summed E-state index contributed by atoms with van der Waals surface area (Å²) in [4.78, 5) is 24.2. The van der Waals surface area contributed by atoms with Crippen molar-refractivity contribution in [2.24, 2.45) is 0 Å². The van der Waals surface area contributed by atoms with Gasteiger partial charge in [-0.1, -0.05) is 11.2 Å². The minimum absolute atomic E-state index is 0.105. The highest BCUT2D eigenvalue weighted by molar-refractivity contribution is 6.01. The van der Waals surface area contributed by atoms with Crippen LogP contribution in [-0.2, 0) is 9.59 Å². The van der Waals surface area contributed by atoms with Crippen molar-refractivity contribution in [1.29, 1.82) is 0 Å². The van der Waals surface area contributed by atoms with E-state index in [4.69, 9.17) is 4.52 Å². The molecule has 7 nitrogen and oxygen atoms in total. The lowest BCUT2D eigenvalue weighted by Crippen LogP contribution is -2.37. The van der Waals surface area contributed by atoms with Gasteiger partial charge in [-0.2, -0.15) is 0 Å². The summed E-state index contributed by atoms with van der Waals surface area (Å²) in [6.07, 6.45) is 1.15. The maximum absolute atomic E-state index is 13.5. The molecule has 1 aliphatic heterocycles. The van der Waals surface area contributed by atoms with E-state index in [0.717, 1.165) is 16.8 Å². The molecule has 1 aliphatic carbocycles. The summed E-state index contributed by atoms with van der Waals surface area (Å²) in [7, 11) is 0. The number of alkyl halides is 2. The summed E-state index contributed by atoms with van der Waals surface area (Å²) in [6.45, 7) is 3.66. The monoisotopic (exact) mass is 432 g/mol. The summed E-state index contributed by atoms with van der Waals surface area (Å²) in [6, 6.07) is 4.85. The molecule has 2 aliphatic rings. The number of hydrogen-bond acceptors (Lipinski definition) is 5. The van der Waals surface area contributed by atoms with Crippen molar-refractivity contribution in [1.82, 2.24) is 10.5 Å². The molecule has 3 N–H and O–H groups in total. The Bertz CT molecular complexity index is 975. The minimum atomic E-state index is -2.61. The van der Waals surface area contributed by atoms with E-state index in [1.54, 1.807) is 0 Å². The molecule has 2 fully saturated rings. The molecular weight excluding hydrogens is 406 g/mol. The second kappa shape index (κ2) is 8.28. The Morgan fingerprint density at radius 3 is 2.55 bits per heavy atom.